The van der Waals surface area contributed by atoms with Crippen LogP contribution in [0.15, 0.2) is 97.3 Å². The number of amides is 11. The van der Waals surface area contributed by atoms with E-state index in [0.29, 0.717) is 51.4 Å². The van der Waals surface area contributed by atoms with Crippen LogP contribution in [0.5, 0.6) is 11.5 Å². The number of phenols is 2. The first kappa shape index (κ1) is 84.7. The SMILES string of the molecule is CC(=O)[C@@H]1CSCc2cccc(c2)CSCCC(=O)N[C@@H](C(C)(C)C)C(=O)N[C@@H](Cc2ccc(O)cc2)C(=O)N2CCC[C@H]2C(=O)N[C@@H]([C@@H](C)O)C(=O)N[C@@H](Cc2c[nH]c3ncccc23)C(=O)NC(C)(C)C(=O)N[C@@H](C)C(=O)N[C@@H](CCc2ccc(O)cc2)C(=O)N[C@](C)(C(N)=O)C(C)O[C@@H](C)[C@H](C)C(=O)N1. The van der Waals surface area contributed by atoms with Gasteiger partial charge in [0.1, 0.15) is 70.5 Å². The first-order chi connectivity index (χ1) is 50.3. The number of nitrogens with zero attached hydrogens (tertiary/aromatic N) is 2. The van der Waals surface area contributed by atoms with Gasteiger partial charge in [0.05, 0.1) is 30.3 Å². The van der Waals surface area contributed by atoms with Crippen LogP contribution in [0.25, 0.3) is 11.0 Å². The smallest absolute Gasteiger partial charge is 0.246 e. The van der Waals surface area contributed by atoms with Crippen molar-refractivity contribution in [1.29, 1.82) is 0 Å². The minimum Gasteiger partial charge on any atom is -0.508 e. The highest BCUT2D eigenvalue weighted by Crippen LogP contribution is 2.27. The van der Waals surface area contributed by atoms with Crippen molar-refractivity contribution in [3.05, 3.63) is 125 Å². The van der Waals surface area contributed by atoms with Gasteiger partial charge in [0.25, 0.3) is 0 Å². The molecule has 580 valence electrons. The van der Waals surface area contributed by atoms with Gasteiger partial charge in [0.15, 0.2) is 5.78 Å². The first-order valence-corrected chi connectivity index (χ1v) is 38.1. The molecule has 29 nitrogen and oxygen atoms in total. The van der Waals surface area contributed by atoms with Crippen LogP contribution in [-0.4, -0.2) is 197 Å². The first-order valence-electron chi connectivity index (χ1n) is 35.8. The summed E-state index contributed by atoms with van der Waals surface area (Å²) in [5, 5.41) is 56.5. The van der Waals surface area contributed by atoms with E-state index in [2.05, 4.69) is 57.8 Å². The quantitative estimate of drug-likeness (QED) is 0.0955. The number of nitrogens with two attached hydrogens (primary N) is 1. The average molecular weight is 1520 g/mol. The number of H-pyrrole nitrogens is 1. The van der Waals surface area contributed by atoms with Crippen molar-refractivity contribution in [2.45, 2.75) is 217 Å². The van der Waals surface area contributed by atoms with Crippen LogP contribution in [-0.2, 0) is 93.0 Å². The van der Waals surface area contributed by atoms with E-state index >= 15 is 4.79 Å². The number of hydrogen-bond donors (Lipinski definition) is 14. The van der Waals surface area contributed by atoms with Crippen molar-refractivity contribution in [2.75, 3.05) is 18.1 Å². The number of fused-ring (bicyclic) bond motifs is 4. The van der Waals surface area contributed by atoms with Crippen LogP contribution in [0.4, 0.5) is 0 Å². The molecule has 0 aliphatic carbocycles. The molecule has 2 aromatic heterocycles. The molecule has 3 aromatic carbocycles. The maximum absolute atomic E-state index is 15.0. The Hall–Kier alpha value is -9.59. The number of phenolic OH excluding ortho intramolecular Hbond substituents is 2. The zero-order valence-electron chi connectivity index (χ0n) is 62.6. The summed E-state index contributed by atoms with van der Waals surface area (Å²) in [6, 6.07) is 12.4. The number of aliphatic hydroxyl groups excluding tert-OH is 1. The molecule has 2 aliphatic rings. The summed E-state index contributed by atoms with van der Waals surface area (Å²) in [5.74, 6) is -8.62. The Kier molecular flexibility index (Phi) is 29.9. The number of aliphatic hydroxyl groups is 1. The molecule has 0 saturated carbocycles. The van der Waals surface area contributed by atoms with Crippen molar-refractivity contribution in [2.24, 2.45) is 17.1 Å². The highest BCUT2D eigenvalue weighted by molar-refractivity contribution is 7.98. The topological polar surface area (TPSA) is 441 Å². The third kappa shape index (κ3) is 23.7. The van der Waals surface area contributed by atoms with Gasteiger partial charge < -0.3 is 83.5 Å². The predicted octanol–water partition coefficient (Wildman–Crippen LogP) is 3.07. The lowest BCUT2D eigenvalue weighted by Gasteiger charge is -2.37. The number of pyridine rings is 1. The number of thioether (sulfide) groups is 2. The fraction of sp³-hybridized carbons (Fsp3) is 0.513. The summed E-state index contributed by atoms with van der Waals surface area (Å²) in [5.41, 5.74) is 5.24. The largest absolute Gasteiger partial charge is 0.508 e. The second kappa shape index (κ2) is 37.8. The molecule has 107 heavy (non-hydrogen) atoms. The van der Waals surface area contributed by atoms with E-state index in [9.17, 15) is 68.1 Å². The van der Waals surface area contributed by atoms with E-state index in [1.807, 2.05) is 24.3 Å². The zero-order chi connectivity index (χ0) is 78.8. The van der Waals surface area contributed by atoms with E-state index < -0.39 is 154 Å². The van der Waals surface area contributed by atoms with E-state index in [-0.39, 0.29) is 68.1 Å². The van der Waals surface area contributed by atoms with Crippen LogP contribution in [0.1, 0.15) is 137 Å². The summed E-state index contributed by atoms with van der Waals surface area (Å²) >= 11 is 2.92. The number of rotatable bonds is 10. The number of primary amides is 1. The lowest BCUT2D eigenvalue weighted by Crippen LogP contribution is -2.66. The van der Waals surface area contributed by atoms with Gasteiger partial charge in [-0.1, -0.05) is 76.2 Å². The number of aryl methyl sites for hydroxylation is 1. The average Bonchev–Trinajstić information content (AvgIpc) is 1.78. The van der Waals surface area contributed by atoms with Gasteiger partial charge in [-0.15, -0.1) is 0 Å². The molecule has 13 atom stereocenters. The van der Waals surface area contributed by atoms with Crippen LogP contribution < -0.4 is 53.6 Å². The van der Waals surface area contributed by atoms with Gasteiger partial charge >= 0.3 is 0 Å². The molecule has 0 spiro atoms. The molecule has 1 saturated heterocycles. The maximum Gasteiger partial charge on any atom is 0.246 e. The molecular weight excluding hydrogens is 1420 g/mol. The van der Waals surface area contributed by atoms with Crippen molar-refractivity contribution >= 4 is 105 Å². The van der Waals surface area contributed by atoms with Crippen molar-refractivity contribution in [3.63, 3.8) is 0 Å². The molecular formula is C76H103N13O16S2. The molecule has 31 heteroatoms. The molecule has 2 bridgehead atoms. The number of nitrogens with one attached hydrogen (secondary N) is 10. The van der Waals surface area contributed by atoms with Crippen molar-refractivity contribution < 1.29 is 77.6 Å². The Morgan fingerprint density at radius 3 is 1.94 bits per heavy atom. The summed E-state index contributed by atoms with van der Waals surface area (Å²) in [4.78, 5) is 180. The summed E-state index contributed by atoms with van der Waals surface area (Å²) in [6.07, 6.45) is -0.586. The van der Waals surface area contributed by atoms with Crippen LogP contribution in [0, 0.1) is 11.3 Å². The van der Waals surface area contributed by atoms with Crippen LogP contribution in [0.3, 0.4) is 0 Å². The van der Waals surface area contributed by atoms with E-state index in [1.165, 1.54) is 101 Å². The molecule has 1 unspecified atom stereocenters. The molecule has 11 amide bonds. The second-order valence-electron chi connectivity index (χ2n) is 29.4. The molecule has 1 fully saturated rings. The number of benzene rings is 3. The Bertz CT molecular complexity index is 4020. The number of aromatic amines is 1. The number of carbonyl (C=O) groups is 12. The minimum absolute atomic E-state index is 0.0241. The molecule has 2 aliphatic heterocycles. The Labute approximate surface area is 631 Å². The molecule has 4 heterocycles. The number of hydrogen-bond acceptors (Lipinski definition) is 19. The molecule has 15 N–H and O–H groups in total. The van der Waals surface area contributed by atoms with Gasteiger partial charge in [-0.2, -0.15) is 23.5 Å². The van der Waals surface area contributed by atoms with Gasteiger partial charge in [-0.25, -0.2) is 4.98 Å². The Morgan fingerprint density at radius 1 is 0.701 bits per heavy atom. The van der Waals surface area contributed by atoms with Crippen molar-refractivity contribution in [1.82, 2.24) is 62.7 Å². The van der Waals surface area contributed by atoms with Gasteiger partial charge in [0.2, 0.25) is 65.0 Å². The normalized spacial score (nSPS) is 26.6. The van der Waals surface area contributed by atoms with Crippen LogP contribution in [0.2, 0.25) is 0 Å². The summed E-state index contributed by atoms with van der Waals surface area (Å²) in [7, 11) is 0. The summed E-state index contributed by atoms with van der Waals surface area (Å²) in [6.45, 7) is 17.8. The van der Waals surface area contributed by atoms with Gasteiger partial charge in [-0.05, 0) is 151 Å². The Balaban J connectivity index is 1.18. The predicted molar refractivity (Wildman–Crippen MR) is 404 cm³/mol. The molecule has 7 rings (SSSR count). The number of aromatic nitrogens is 2. The fourth-order valence-corrected chi connectivity index (χ4v) is 14.2. The van der Waals surface area contributed by atoms with Crippen LogP contribution >= 0.6 is 23.5 Å². The standard InChI is InChI=1S/C76H103N13O16S2/c1-41-45(5)105-46(6)76(12,72(77)103)88-66(97)55(29-24-47-20-25-52(92)26-21-47)81-65(96)42(2)80-73(104)75(10,11)87-67(98)56(36-51-37-79-63-54(51)18-14-31-78-63)82-69(100)61(44(4)91)86-68(99)59-19-15-32-89(59)71(102)57(35-48-22-27-53(93)28-23-48)83-70(101)62(74(7,8)9)85-60(94)30-33-106-38-49-16-13-17-50(34-49)39-107-40-58(43(3)90)84-64(41)95/h13-14,16-18,20-23,25-28,31,34,37,41-42,44-46,55-59,61-62,91-93H,15,19,24,29-30,32-33,35-36,38-40H2,1-12H3,(H2,77,103)(H,78,79)(H,80,104)(H,81,96)(H,82,100)(H,83,101)(H,84,95)(H,85,94)(H,86,99)(H,87,98)(H,88,97)/t41-,42-,44+,45-,46?,55-,56-,57-,58-,59-,61-,62+,76-/m0/s1. The third-order valence-corrected chi connectivity index (χ3v) is 21.4. The number of ketones is 1. The Morgan fingerprint density at radius 2 is 1.32 bits per heavy atom. The third-order valence-electron chi connectivity index (χ3n) is 19.3. The lowest BCUT2D eigenvalue weighted by atomic mass is 9.85. The molecule has 5 aromatic rings. The van der Waals surface area contributed by atoms with E-state index in [4.69, 9.17) is 10.5 Å². The van der Waals surface area contributed by atoms with Crippen molar-refractivity contribution in [3.8, 4) is 11.5 Å². The summed E-state index contributed by atoms with van der Waals surface area (Å²) < 4.78 is 6.28. The second-order valence-corrected chi connectivity index (χ2v) is 31.5. The number of ether oxygens (including phenoxy) is 1. The highest BCUT2D eigenvalue weighted by Gasteiger charge is 2.46. The zero-order valence-corrected chi connectivity index (χ0v) is 64.2. The highest BCUT2D eigenvalue weighted by atomic mass is 32.2. The van der Waals surface area contributed by atoms with E-state index in [0.717, 1.165) is 11.1 Å². The monoisotopic (exact) mass is 1520 g/mol. The lowest BCUT2D eigenvalue weighted by molar-refractivity contribution is -0.145. The number of carbonyl (C=O) groups excluding carboxylic acids is 12. The van der Waals surface area contributed by atoms with Gasteiger partial charge in [0, 0.05) is 66.6 Å². The maximum atomic E-state index is 15.0. The van der Waals surface area contributed by atoms with Gasteiger partial charge in [-0.3, -0.25) is 57.5 Å². The number of aromatic hydroxyl groups is 2. The minimum atomic E-state index is -1.99. The van der Waals surface area contributed by atoms with E-state index in [1.54, 1.807) is 83.4 Å². The number of Topliss-reactive ketones (excluding diaryl/α,β-unsaturated/α-hetero) is 1. The molecule has 0 radical (unpaired) electrons. The fourth-order valence-electron chi connectivity index (χ4n) is 12.2.